The summed E-state index contributed by atoms with van der Waals surface area (Å²) in [5, 5.41) is 3.77. The van der Waals surface area contributed by atoms with Gasteiger partial charge in [0.25, 0.3) is 5.91 Å². The first-order valence-corrected chi connectivity index (χ1v) is 7.87. The summed E-state index contributed by atoms with van der Waals surface area (Å²) in [6.07, 6.45) is 0. The van der Waals surface area contributed by atoms with Gasteiger partial charge in [-0.3, -0.25) is 4.79 Å². The van der Waals surface area contributed by atoms with Gasteiger partial charge in [-0.25, -0.2) is 0 Å². The molecule has 2 aromatic heterocycles. The van der Waals surface area contributed by atoms with Gasteiger partial charge in [-0.05, 0) is 24.3 Å². The van der Waals surface area contributed by atoms with Crippen molar-refractivity contribution in [1.29, 1.82) is 0 Å². The summed E-state index contributed by atoms with van der Waals surface area (Å²) < 4.78 is 11.7. The third kappa shape index (κ3) is 2.40. The van der Waals surface area contributed by atoms with Gasteiger partial charge < -0.3 is 19.8 Å². The van der Waals surface area contributed by atoms with E-state index in [0.717, 1.165) is 10.2 Å². The fourth-order valence-electron chi connectivity index (χ4n) is 2.33. The average molecular weight is 335 g/mol. The molecule has 3 heterocycles. The van der Waals surface area contributed by atoms with Crippen LogP contribution in [0.5, 0.6) is 11.5 Å². The van der Waals surface area contributed by atoms with E-state index in [9.17, 15) is 4.79 Å². The summed E-state index contributed by atoms with van der Waals surface area (Å²) >= 11 is 7.33. The van der Waals surface area contributed by atoms with Crippen molar-refractivity contribution >= 4 is 44.7 Å². The minimum Gasteiger partial charge on any atom is -0.486 e. The number of H-pyrrole nitrogens is 1. The molecule has 0 atom stereocenters. The molecule has 1 aliphatic rings. The Morgan fingerprint density at radius 1 is 1.18 bits per heavy atom. The van der Waals surface area contributed by atoms with Crippen LogP contribution in [-0.4, -0.2) is 24.1 Å². The number of aromatic nitrogens is 1. The summed E-state index contributed by atoms with van der Waals surface area (Å²) in [6, 6.07) is 8.95. The summed E-state index contributed by atoms with van der Waals surface area (Å²) in [6.45, 7) is 1.05. The Bertz CT molecular complexity index is 839. The number of thiophene rings is 1. The lowest BCUT2D eigenvalue weighted by Gasteiger charge is -2.18. The highest BCUT2D eigenvalue weighted by Crippen LogP contribution is 2.33. The van der Waals surface area contributed by atoms with E-state index in [2.05, 4.69) is 10.3 Å². The van der Waals surface area contributed by atoms with E-state index in [1.807, 2.05) is 6.07 Å². The Morgan fingerprint density at radius 3 is 2.82 bits per heavy atom. The summed E-state index contributed by atoms with van der Waals surface area (Å²) in [4.78, 5) is 16.2. The fourth-order valence-corrected chi connectivity index (χ4v) is 3.46. The molecule has 112 valence electrons. The Balaban J connectivity index is 1.57. The molecule has 1 aromatic carbocycles. The molecule has 0 fully saturated rings. The fraction of sp³-hybridized carbons (Fsp3) is 0.133. The van der Waals surface area contributed by atoms with E-state index in [1.165, 1.54) is 11.3 Å². The first-order chi connectivity index (χ1) is 10.7. The number of fused-ring (bicyclic) bond motifs is 2. The van der Waals surface area contributed by atoms with Gasteiger partial charge in [0.05, 0.1) is 4.34 Å². The lowest BCUT2D eigenvalue weighted by molar-refractivity contribution is 0.102. The van der Waals surface area contributed by atoms with Crippen molar-refractivity contribution in [3.8, 4) is 11.5 Å². The molecular weight excluding hydrogens is 324 g/mol. The predicted octanol–water partition coefficient (Wildman–Crippen LogP) is 3.91. The monoisotopic (exact) mass is 334 g/mol. The maximum absolute atomic E-state index is 12.3. The number of anilines is 1. The molecule has 22 heavy (non-hydrogen) atoms. The first-order valence-electron chi connectivity index (χ1n) is 6.68. The number of aromatic amines is 1. The van der Waals surface area contributed by atoms with Gasteiger partial charge >= 0.3 is 0 Å². The Labute approximate surface area is 134 Å². The molecule has 4 rings (SSSR count). The van der Waals surface area contributed by atoms with Crippen LogP contribution in [0.15, 0.2) is 30.3 Å². The quantitative estimate of drug-likeness (QED) is 0.747. The molecule has 0 saturated carbocycles. The van der Waals surface area contributed by atoms with Crippen LogP contribution in [0.2, 0.25) is 4.34 Å². The third-order valence-corrected chi connectivity index (χ3v) is 4.52. The minimum atomic E-state index is -0.212. The number of benzene rings is 1. The third-order valence-electron chi connectivity index (χ3n) is 3.32. The van der Waals surface area contributed by atoms with Gasteiger partial charge in [0.2, 0.25) is 0 Å². The molecule has 5 nitrogen and oxygen atoms in total. The number of amides is 1. The van der Waals surface area contributed by atoms with Gasteiger partial charge in [0, 0.05) is 17.1 Å². The SMILES string of the molecule is O=C(Nc1ccc2c(c1)OCCO2)c1cc2cc(Cl)sc2[nH]1. The van der Waals surface area contributed by atoms with Crippen LogP contribution in [0.3, 0.4) is 0 Å². The van der Waals surface area contributed by atoms with Crippen LogP contribution in [0, 0.1) is 0 Å². The zero-order valence-corrected chi connectivity index (χ0v) is 12.9. The van der Waals surface area contributed by atoms with Crippen molar-refractivity contribution in [3.63, 3.8) is 0 Å². The van der Waals surface area contributed by atoms with Crippen molar-refractivity contribution < 1.29 is 14.3 Å². The van der Waals surface area contributed by atoms with Gasteiger partial charge in [-0.1, -0.05) is 11.6 Å². The average Bonchev–Trinajstić information content (AvgIpc) is 3.04. The molecule has 3 aromatic rings. The normalized spacial score (nSPS) is 13.3. The van der Waals surface area contributed by atoms with Gasteiger partial charge in [0.1, 0.15) is 23.7 Å². The van der Waals surface area contributed by atoms with Crippen molar-refractivity contribution in [3.05, 3.63) is 40.4 Å². The molecule has 0 unspecified atom stereocenters. The van der Waals surface area contributed by atoms with Gasteiger partial charge in [0.15, 0.2) is 11.5 Å². The molecule has 1 aliphatic heterocycles. The Kier molecular flexibility index (Phi) is 3.20. The smallest absolute Gasteiger partial charge is 0.272 e. The van der Waals surface area contributed by atoms with Gasteiger partial charge in [-0.2, -0.15) is 0 Å². The highest BCUT2D eigenvalue weighted by molar-refractivity contribution is 7.22. The van der Waals surface area contributed by atoms with Crippen LogP contribution < -0.4 is 14.8 Å². The molecule has 1 amide bonds. The Hall–Kier alpha value is -2.18. The lowest BCUT2D eigenvalue weighted by atomic mass is 10.2. The van der Waals surface area contributed by atoms with E-state index in [4.69, 9.17) is 21.1 Å². The largest absolute Gasteiger partial charge is 0.486 e. The predicted molar refractivity (Wildman–Crippen MR) is 86.6 cm³/mol. The molecular formula is C15H11ClN2O3S. The summed E-state index contributed by atoms with van der Waals surface area (Å²) in [5.41, 5.74) is 1.15. The van der Waals surface area contributed by atoms with Crippen molar-refractivity contribution in [2.24, 2.45) is 0 Å². The van der Waals surface area contributed by atoms with Crippen molar-refractivity contribution in [2.45, 2.75) is 0 Å². The molecule has 0 radical (unpaired) electrons. The van der Waals surface area contributed by atoms with Crippen LogP contribution >= 0.6 is 22.9 Å². The number of carbonyl (C=O) groups is 1. The highest BCUT2D eigenvalue weighted by Gasteiger charge is 2.15. The molecule has 0 saturated heterocycles. The van der Waals surface area contributed by atoms with Crippen LogP contribution in [0.4, 0.5) is 5.69 Å². The summed E-state index contributed by atoms with van der Waals surface area (Å²) in [7, 11) is 0. The molecule has 2 N–H and O–H groups in total. The number of nitrogens with one attached hydrogen (secondary N) is 2. The van der Waals surface area contributed by atoms with Crippen LogP contribution in [0.25, 0.3) is 10.2 Å². The lowest BCUT2D eigenvalue weighted by Crippen LogP contribution is -2.16. The van der Waals surface area contributed by atoms with Crippen LogP contribution in [-0.2, 0) is 0 Å². The number of carbonyl (C=O) groups excluding carboxylic acids is 1. The van der Waals surface area contributed by atoms with Gasteiger partial charge in [-0.15, -0.1) is 11.3 Å². The highest BCUT2D eigenvalue weighted by atomic mass is 35.5. The van der Waals surface area contributed by atoms with Crippen LogP contribution in [0.1, 0.15) is 10.5 Å². The van der Waals surface area contributed by atoms with Crippen molar-refractivity contribution in [1.82, 2.24) is 4.98 Å². The van der Waals surface area contributed by atoms with Crippen molar-refractivity contribution in [2.75, 3.05) is 18.5 Å². The maximum atomic E-state index is 12.3. The number of ether oxygens (including phenoxy) is 2. The van der Waals surface area contributed by atoms with E-state index in [1.54, 1.807) is 24.3 Å². The number of hydrogen-bond acceptors (Lipinski definition) is 4. The molecule has 7 heteroatoms. The maximum Gasteiger partial charge on any atom is 0.272 e. The second-order valence-corrected chi connectivity index (χ2v) is 6.51. The second kappa shape index (κ2) is 5.23. The zero-order chi connectivity index (χ0) is 15.1. The summed E-state index contributed by atoms with van der Waals surface area (Å²) in [5.74, 6) is 1.12. The standard InChI is InChI=1S/C15H11ClN2O3S/c16-13-6-8-5-10(18-15(8)22-13)14(19)17-9-1-2-11-12(7-9)21-4-3-20-11/h1-2,5-7,18H,3-4H2,(H,17,19). The topological polar surface area (TPSA) is 63.4 Å². The molecule has 0 spiro atoms. The van der Waals surface area contributed by atoms with E-state index in [-0.39, 0.29) is 5.91 Å². The Morgan fingerprint density at radius 2 is 2.00 bits per heavy atom. The molecule has 0 aliphatic carbocycles. The number of rotatable bonds is 2. The number of halogens is 1. The minimum absolute atomic E-state index is 0.212. The van der Waals surface area contributed by atoms with E-state index < -0.39 is 0 Å². The number of hydrogen-bond donors (Lipinski definition) is 2. The second-order valence-electron chi connectivity index (χ2n) is 4.83. The van der Waals surface area contributed by atoms with E-state index in [0.29, 0.717) is 40.4 Å². The van der Waals surface area contributed by atoms with E-state index >= 15 is 0 Å². The molecule has 0 bridgehead atoms. The zero-order valence-electron chi connectivity index (χ0n) is 11.3. The first kappa shape index (κ1) is 13.5.